The first-order valence-corrected chi connectivity index (χ1v) is 8.35. The molecule has 0 aliphatic heterocycles. The normalized spacial score (nSPS) is 12.2. The van der Waals surface area contributed by atoms with Crippen molar-refractivity contribution >= 4 is 23.4 Å². The molecule has 2 aromatic rings. The Balaban J connectivity index is 2.12. The van der Waals surface area contributed by atoms with Crippen molar-refractivity contribution in [2.75, 3.05) is 5.32 Å². The molecule has 1 aromatic heterocycles. The Bertz CT molecular complexity index is 641. The van der Waals surface area contributed by atoms with Gasteiger partial charge in [0.25, 0.3) is 0 Å². The van der Waals surface area contributed by atoms with Crippen LogP contribution in [0.25, 0.3) is 0 Å². The quantitative estimate of drug-likeness (QED) is 0.818. The summed E-state index contributed by atoms with van der Waals surface area (Å²) in [4.78, 5) is 16.7. The molecule has 0 aliphatic rings. The third-order valence-corrected chi connectivity index (χ3v) is 4.53. The zero-order valence-corrected chi connectivity index (χ0v) is 14.3. The van der Waals surface area contributed by atoms with Crippen LogP contribution in [0.4, 0.5) is 5.69 Å². The minimum Gasteiger partial charge on any atom is -0.325 e. The lowest BCUT2D eigenvalue weighted by atomic mass is 9.98. The van der Waals surface area contributed by atoms with Crippen molar-refractivity contribution in [2.45, 2.75) is 43.9 Å². The predicted molar refractivity (Wildman–Crippen MR) is 93.5 cm³/mol. The number of rotatable bonds is 5. The minimum absolute atomic E-state index is 0.00635. The van der Waals surface area contributed by atoms with Crippen molar-refractivity contribution in [3.05, 3.63) is 53.7 Å². The number of para-hydroxylation sites is 1. The average Bonchev–Trinajstić information content (AvgIpc) is 2.49. The molecule has 0 aliphatic carbocycles. The van der Waals surface area contributed by atoms with Crippen LogP contribution >= 0.6 is 11.8 Å². The predicted octanol–water partition coefficient (Wildman–Crippen LogP) is 4.63. The molecule has 2 rings (SSSR count). The van der Waals surface area contributed by atoms with Crippen molar-refractivity contribution in [1.82, 2.24) is 4.98 Å². The molecule has 0 spiro atoms. The Morgan fingerprint density at radius 2 is 1.91 bits per heavy atom. The molecule has 22 heavy (non-hydrogen) atoms. The molecule has 1 heterocycles. The maximum atomic E-state index is 12.5. The molecule has 0 bridgehead atoms. The molecule has 116 valence electrons. The summed E-state index contributed by atoms with van der Waals surface area (Å²) in [6.07, 6.45) is 1.74. The van der Waals surface area contributed by atoms with E-state index in [9.17, 15) is 4.79 Å². The van der Waals surface area contributed by atoms with Crippen molar-refractivity contribution < 1.29 is 4.79 Å². The Labute approximate surface area is 136 Å². The molecule has 3 nitrogen and oxygen atoms in total. The fraction of sp³-hybridized carbons (Fsp3) is 0.333. The summed E-state index contributed by atoms with van der Waals surface area (Å²) >= 11 is 1.47. The van der Waals surface area contributed by atoms with Gasteiger partial charge in [-0.15, -0.1) is 0 Å². The van der Waals surface area contributed by atoms with Gasteiger partial charge in [-0.3, -0.25) is 4.79 Å². The second-order valence-corrected chi connectivity index (χ2v) is 6.97. The van der Waals surface area contributed by atoms with Crippen molar-refractivity contribution in [2.24, 2.45) is 0 Å². The van der Waals surface area contributed by atoms with Crippen LogP contribution in [-0.4, -0.2) is 16.1 Å². The van der Waals surface area contributed by atoms with E-state index in [1.54, 1.807) is 6.20 Å². The highest BCUT2D eigenvalue weighted by atomic mass is 32.2. The summed E-state index contributed by atoms with van der Waals surface area (Å²) < 4.78 is 0. The number of carbonyl (C=O) groups excluding carboxylic acids is 1. The van der Waals surface area contributed by atoms with Crippen LogP contribution in [-0.2, 0) is 4.79 Å². The number of aryl methyl sites for hydroxylation is 1. The Kier molecular flexibility index (Phi) is 5.61. The fourth-order valence-corrected chi connectivity index (χ4v) is 3.03. The van der Waals surface area contributed by atoms with Gasteiger partial charge in [-0.1, -0.05) is 49.9 Å². The monoisotopic (exact) mass is 314 g/mol. The Hall–Kier alpha value is -1.81. The van der Waals surface area contributed by atoms with E-state index < -0.39 is 0 Å². The van der Waals surface area contributed by atoms with Gasteiger partial charge in [0.2, 0.25) is 5.91 Å². The molecule has 4 heteroatoms. The van der Waals surface area contributed by atoms with Crippen LogP contribution in [0.1, 0.15) is 37.8 Å². The summed E-state index contributed by atoms with van der Waals surface area (Å²) in [5.41, 5.74) is 3.20. The summed E-state index contributed by atoms with van der Waals surface area (Å²) in [6.45, 7) is 8.20. The fourth-order valence-electron chi connectivity index (χ4n) is 2.22. The van der Waals surface area contributed by atoms with Crippen LogP contribution in [0.2, 0.25) is 0 Å². The lowest BCUT2D eigenvalue weighted by molar-refractivity contribution is -0.115. The lowest BCUT2D eigenvalue weighted by Crippen LogP contribution is -2.23. The molecule has 1 amide bonds. The van der Waals surface area contributed by atoms with E-state index in [4.69, 9.17) is 0 Å². The molecular weight excluding hydrogens is 292 g/mol. The van der Waals surface area contributed by atoms with Crippen molar-refractivity contribution in [3.63, 3.8) is 0 Å². The first-order valence-electron chi connectivity index (χ1n) is 7.47. The number of carbonyl (C=O) groups is 1. The van der Waals surface area contributed by atoms with Gasteiger partial charge in [0.05, 0.1) is 10.3 Å². The van der Waals surface area contributed by atoms with Crippen LogP contribution in [0.5, 0.6) is 0 Å². The zero-order chi connectivity index (χ0) is 16.1. The van der Waals surface area contributed by atoms with Gasteiger partial charge >= 0.3 is 0 Å². The van der Waals surface area contributed by atoms with Crippen LogP contribution < -0.4 is 5.32 Å². The van der Waals surface area contributed by atoms with Crippen molar-refractivity contribution in [3.8, 4) is 0 Å². The number of hydrogen-bond acceptors (Lipinski definition) is 3. The molecule has 1 unspecified atom stereocenters. The first kappa shape index (κ1) is 16.6. The van der Waals surface area contributed by atoms with Gasteiger partial charge in [0.1, 0.15) is 0 Å². The summed E-state index contributed by atoms with van der Waals surface area (Å²) in [5, 5.41) is 3.75. The Morgan fingerprint density at radius 3 is 2.55 bits per heavy atom. The summed E-state index contributed by atoms with van der Waals surface area (Å²) in [7, 11) is 0. The van der Waals surface area contributed by atoms with E-state index in [-0.39, 0.29) is 11.2 Å². The first-order chi connectivity index (χ1) is 10.5. The van der Waals surface area contributed by atoms with Gasteiger partial charge in [-0.05, 0) is 43.0 Å². The second-order valence-electron chi connectivity index (χ2n) is 5.61. The number of anilines is 1. The molecule has 0 saturated carbocycles. The number of nitrogens with zero attached hydrogens (tertiary/aromatic N) is 1. The number of amides is 1. The summed E-state index contributed by atoms with van der Waals surface area (Å²) in [5.74, 6) is 0.376. The van der Waals surface area contributed by atoms with E-state index in [1.165, 1.54) is 17.3 Å². The maximum absolute atomic E-state index is 12.5. The highest BCUT2D eigenvalue weighted by Gasteiger charge is 2.18. The van der Waals surface area contributed by atoms with E-state index in [2.05, 4.69) is 30.2 Å². The highest BCUT2D eigenvalue weighted by molar-refractivity contribution is 8.00. The summed E-state index contributed by atoms with van der Waals surface area (Å²) in [6, 6.07) is 11.9. The molecular formula is C18H22N2OS. The minimum atomic E-state index is -0.200. The molecule has 0 radical (unpaired) electrons. The Morgan fingerprint density at radius 1 is 1.14 bits per heavy atom. The van der Waals surface area contributed by atoms with Gasteiger partial charge in [0, 0.05) is 11.9 Å². The number of thioether (sulfide) groups is 1. The number of hydrogen-bond donors (Lipinski definition) is 1. The zero-order valence-electron chi connectivity index (χ0n) is 13.5. The highest BCUT2D eigenvalue weighted by Crippen LogP contribution is 2.29. The number of aromatic nitrogens is 1. The van der Waals surface area contributed by atoms with E-state index >= 15 is 0 Å². The van der Waals surface area contributed by atoms with E-state index in [0.717, 1.165) is 16.3 Å². The molecule has 1 N–H and O–H groups in total. The lowest BCUT2D eigenvalue weighted by Gasteiger charge is -2.18. The number of nitrogens with one attached hydrogen (secondary N) is 1. The average molecular weight is 314 g/mol. The van der Waals surface area contributed by atoms with Gasteiger partial charge in [0.15, 0.2) is 0 Å². The number of benzene rings is 1. The topological polar surface area (TPSA) is 42.0 Å². The maximum Gasteiger partial charge on any atom is 0.237 e. The molecule has 1 aromatic carbocycles. The molecule has 0 fully saturated rings. The van der Waals surface area contributed by atoms with Crippen LogP contribution in [0.3, 0.4) is 0 Å². The smallest absolute Gasteiger partial charge is 0.237 e. The largest absolute Gasteiger partial charge is 0.325 e. The third kappa shape index (κ3) is 4.10. The van der Waals surface area contributed by atoms with Gasteiger partial charge in [-0.25, -0.2) is 4.98 Å². The second kappa shape index (κ2) is 7.45. The van der Waals surface area contributed by atoms with Gasteiger partial charge < -0.3 is 5.32 Å². The SMILES string of the molecule is Cc1cccc(C(C)C)c1NC(=O)C(C)Sc1ccccn1. The van der Waals surface area contributed by atoms with Crippen LogP contribution in [0, 0.1) is 6.92 Å². The van der Waals surface area contributed by atoms with Crippen LogP contribution in [0.15, 0.2) is 47.6 Å². The molecule has 1 atom stereocenters. The molecule has 0 saturated heterocycles. The van der Waals surface area contributed by atoms with Crippen molar-refractivity contribution in [1.29, 1.82) is 0 Å². The third-order valence-electron chi connectivity index (χ3n) is 3.48. The van der Waals surface area contributed by atoms with Gasteiger partial charge in [-0.2, -0.15) is 0 Å². The standard InChI is InChI=1S/C18H22N2OS/c1-12(2)15-9-7-8-13(3)17(15)20-18(21)14(4)22-16-10-5-6-11-19-16/h5-12,14H,1-4H3,(H,20,21). The van der Waals surface area contributed by atoms with E-state index in [0.29, 0.717) is 5.92 Å². The van der Waals surface area contributed by atoms with E-state index in [1.807, 2.05) is 44.2 Å². The number of pyridine rings is 1.